The maximum absolute atomic E-state index is 12.6. The zero-order chi connectivity index (χ0) is 21.4. The Kier molecular flexibility index (Phi) is 7.67. The molecule has 0 aliphatic rings. The molecule has 0 heterocycles. The monoisotopic (exact) mass is 404 g/mol. The van der Waals surface area contributed by atoms with E-state index < -0.39 is 24.5 Å². The van der Waals surface area contributed by atoms with Gasteiger partial charge in [-0.15, -0.1) is 0 Å². The molecule has 0 saturated carbocycles. The third-order valence-electron chi connectivity index (χ3n) is 4.07. The van der Waals surface area contributed by atoms with Crippen molar-refractivity contribution >= 4 is 17.5 Å². The first kappa shape index (κ1) is 21.8. The van der Waals surface area contributed by atoms with Crippen LogP contribution in [0.25, 0.3) is 0 Å². The number of carbonyl (C=O) groups excluding carboxylic acids is 2. The summed E-state index contributed by atoms with van der Waals surface area (Å²) in [6, 6.07) is 8.44. The molecule has 2 rings (SSSR count). The molecule has 3 N–H and O–H groups in total. The summed E-state index contributed by atoms with van der Waals surface area (Å²) in [5, 5.41) is 14.7. The summed E-state index contributed by atoms with van der Waals surface area (Å²) in [6.45, 7) is -0.591. The standard InChI is InChI=1S/C20H24N2O7/c1-26-14-7-5-6-13(10-14)21-20(25)15(11-23)22-19(24)12-8-16(27-2)18(29-4)17(9-12)28-3/h5-10,15,23H,11H2,1-4H3,(H,21,25)(H,22,24). The number of aliphatic hydroxyl groups is 1. The highest BCUT2D eigenvalue weighted by molar-refractivity contribution is 6.01. The van der Waals surface area contributed by atoms with E-state index >= 15 is 0 Å². The van der Waals surface area contributed by atoms with Crippen molar-refractivity contribution in [1.29, 1.82) is 0 Å². The molecule has 2 aromatic rings. The van der Waals surface area contributed by atoms with Gasteiger partial charge in [-0.1, -0.05) is 6.07 Å². The van der Waals surface area contributed by atoms with Crippen LogP contribution in [0.2, 0.25) is 0 Å². The Bertz CT molecular complexity index is 845. The molecule has 0 bridgehead atoms. The van der Waals surface area contributed by atoms with Gasteiger partial charge in [-0.3, -0.25) is 9.59 Å². The van der Waals surface area contributed by atoms with E-state index in [9.17, 15) is 14.7 Å². The number of aliphatic hydroxyl groups excluding tert-OH is 1. The first-order valence-corrected chi connectivity index (χ1v) is 8.64. The van der Waals surface area contributed by atoms with Crippen molar-refractivity contribution in [2.45, 2.75) is 6.04 Å². The summed E-state index contributed by atoms with van der Waals surface area (Å²) in [5.74, 6) is 0.299. The van der Waals surface area contributed by atoms with Gasteiger partial charge in [0.1, 0.15) is 11.8 Å². The highest BCUT2D eigenvalue weighted by atomic mass is 16.5. The normalized spacial score (nSPS) is 11.2. The van der Waals surface area contributed by atoms with Crippen molar-refractivity contribution < 1.29 is 33.6 Å². The highest BCUT2D eigenvalue weighted by Crippen LogP contribution is 2.38. The van der Waals surface area contributed by atoms with Crippen molar-refractivity contribution in [3.8, 4) is 23.0 Å². The largest absolute Gasteiger partial charge is 0.497 e. The molecule has 9 heteroatoms. The third-order valence-corrected chi connectivity index (χ3v) is 4.07. The second kappa shape index (κ2) is 10.2. The van der Waals surface area contributed by atoms with Gasteiger partial charge in [0.15, 0.2) is 11.5 Å². The zero-order valence-electron chi connectivity index (χ0n) is 16.6. The maximum atomic E-state index is 12.6. The lowest BCUT2D eigenvalue weighted by Gasteiger charge is -2.18. The van der Waals surface area contributed by atoms with Gasteiger partial charge >= 0.3 is 0 Å². The molecule has 1 atom stereocenters. The van der Waals surface area contributed by atoms with E-state index in [1.54, 1.807) is 24.3 Å². The Morgan fingerprint density at radius 2 is 1.62 bits per heavy atom. The van der Waals surface area contributed by atoms with Crippen LogP contribution in [0.1, 0.15) is 10.4 Å². The Hall–Kier alpha value is -3.46. The molecular formula is C20H24N2O7. The van der Waals surface area contributed by atoms with Gasteiger partial charge in [-0.25, -0.2) is 0 Å². The fourth-order valence-corrected chi connectivity index (χ4v) is 2.58. The second-order valence-electron chi connectivity index (χ2n) is 5.84. The molecule has 0 aliphatic heterocycles. The molecule has 9 nitrogen and oxygen atoms in total. The number of carbonyl (C=O) groups is 2. The molecule has 156 valence electrons. The fraction of sp³-hybridized carbons (Fsp3) is 0.300. The van der Waals surface area contributed by atoms with Crippen LogP contribution >= 0.6 is 0 Å². The smallest absolute Gasteiger partial charge is 0.252 e. The average molecular weight is 404 g/mol. The van der Waals surface area contributed by atoms with E-state index in [0.717, 1.165) is 0 Å². The number of anilines is 1. The number of benzene rings is 2. The molecular weight excluding hydrogens is 380 g/mol. The summed E-state index contributed by atoms with van der Waals surface area (Å²) >= 11 is 0. The van der Waals surface area contributed by atoms with Crippen molar-refractivity contribution in [1.82, 2.24) is 5.32 Å². The summed E-state index contributed by atoms with van der Waals surface area (Å²) in [4.78, 5) is 25.1. The van der Waals surface area contributed by atoms with Gasteiger partial charge < -0.3 is 34.7 Å². The average Bonchev–Trinajstić information content (AvgIpc) is 2.75. The third kappa shape index (κ3) is 5.29. The minimum atomic E-state index is -1.17. The number of nitrogens with one attached hydrogen (secondary N) is 2. The maximum Gasteiger partial charge on any atom is 0.252 e. The topological polar surface area (TPSA) is 115 Å². The Balaban J connectivity index is 2.17. The quantitative estimate of drug-likeness (QED) is 0.579. The summed E-state index contributed by atoms with van der Waals surface area (Å²) < 4.78 is 20.8. The summed E-state index contributed by atoms with van der Waals surface area (Å²) in [7, 11) is 5.81. The summed E-state index contributed by atoms with van der Waals surface area (Å²) in [6.07, 6.45) is 0. The van der Waals surface area contributed by atoms with Crippen molar-refractivity contribution in [3.63, 3.8) is 0 Å². The van der Waals surface area contributed by atoms with Gasteiger partial charge in [0.05, 0.1) is 35.0 Å². The Morgan fingerprint density at radius 1 is 0.966 bits per heavy atom. The van der Waals surface area contributed by atoms with Gasteiger partial charge in [-0.05, 0) is 24.3 Å². The Labute approximate surface area is 168 Å². The lowest BCUT2D eigenvalue weighted by molar-refractivity contribution is -0.118. The SMILES string of the molecule is COc1cccc(NC(=O)C(CO)NC(=O)c2cc(OC)c(OC)c(OC)c2)c1. The number of hydrogen-bond acceptors (Lipinski definition) is 7. The number of rotatable bonds is 9. The van der Waals surface area contributed by atoms with Crippen molar-refractivity contribution in [2.24, 2.45) is 0 Å². The molecule has 0 aliphatic carbocycles. The van der Waals surface area contributed by atoms with Crippen LogP contribution in [0.4, 0.5) is 5.69 Å². The lowest BCUT2D eigenvalue weighted by atomic mass is 10.1. The molecule has 0 saturated heterocycles. The van der Waals surface area contributed by atoms with Gasteiger partial charge in [0, 0.05) is 17.3 Å². The van der Waals surface area contributed by atoms with E-state index in [0.29, 0.717) is 28.7 Å². The molecule has 29 heavy (non-hydrogen) atoms. The van der Waals surface area contributed by atoms with Gasteiger partial charge in [0.25, 0.3) is 5.91 Å². The van der Waals surface area contributed by atoms with Crippen LogP contribution in [0.15, 0.2) is 36.4 Å². The highest BCUT2D eigenvalue weighted by Gasteiger charge is 2.23. The van der Waals surface area contributed by atoms with E-state index in [-0.39, 0.29) is 5.56 Å². The van der Waals surface area contributed by atoms with Gasteiger partial charge in [-0.2, -0.15) is 0 Å². The molecule has 0 spiro atoms. The van der Waals surface area contributed by atoms with Crippen LogP contribution in [-0.4, -0.2) is 58.0 Å². The van der Waals surface area contributed by atoms with Crippen molar-refractivity contribution in [2.75, 3.05) is 40.4 Å². The number of amides is 2. The predicted octanol–water partition coefficient (Wildman–Crippen LogP) is 1.45. The van der Waals surface area contributed by atoms with E-state index in [4.69, 9.17) is 18.9 Å². The fourth-order valence-electron chi connectivity index (χ4n) is 2.58. The van der Waals surface area contributed by atoms with Crippen LogP contribution in [0.5, 0.6) is 23.0 Å². The van der Waals surface area contributed by atoms with Crippen LogP contribution < -0.4 is 29.6 Å². The molecule has 1 unspecified atom stereocenters. The number of hydrogen-bond donors (Lipinski definition) is 3. The van der Waals surface area contributed by atoms with Crippen LogP contribution in [0, 0.1) is 0 Å². The first-order chi connectivity index (χ1) is 14.0. The van der Waals surface area contributed by atoms with Crippen molar-refractivity contribution in [3.05, 3.63) is 42.0 Å². The van der Waals surface area contributed by atoms with E-state index in [2.05, 4.69) is 10.6 Å². The lowest BCUT2D eigenvalue weighted by Crippen LogP contribution is -2.46. The minimum Gasteiger partial charge on any atom is -0.497 e. The minimum absolute atomic E-state index is 0.173. The number of ether oxygens (including phenoxy) is 4. The van der Waals surface area contributed by atoms with Gasteiger partial charge in [0.2, 0.25) is 11.7 Å². The summed E-state index contributed by atoms with van der Waals surface area (Å²) in [5.41, 5.74) is 0.641. The number of methoxy groups -OCH3 is 4. The molecule has 0 radical (unpaired) electrons. The van der Waals surface area contributed by atoms with Crippen LogP contribution in [-0.2, 0) is 4.79 Å². The second-order valence-corrected chi connectivity index (χ2v) is 5.84. The molecule has 0 fully saturated rings. The Morgan fingerprint density at radius 3 is 2.14 bits per heavy atom. The van der Waals surface area contributed by atoms with E-state index in [1.165, 1.54) is 40.6 Å². The molecule has 2 aromatic carbocycles. The predicted molar refractivity (Wildman–Crippen MR) is 106 cm³/mol. The van der Waals surface area contributed by atoms with Crippen LogP contribution in [0.3, 0.4) is 0 Å². The first-order valence-electron chi connectivity index (χ1n) is 8.64. The molecule has 0 aromatic heterocycles. The zero-order valence-corrected chi connectivity index (χ0v) is 16.6. The van der Waals surface area contributed by atoms with E-state index in [1.807, 2.05) is 0 Å². The molecule has 2 amide bonds.